The summed E-state index contributed by atoms with van der Waals surface area (Å²) in [5.74, 6) is -0.205. The van der Waals surface area contributed by atoms with Crippen LogP contribution in [0.3, 0.4) is 0 Å². The van der Waals surface area contributed by atoms with Crippen LogP contribution in [0.5, 0.6) is 5.75 Å². The van der Waals surface area contributed by atoms with Crippen molar-refractivity contribution in [3.63, 3.8) is 0 Å². The van der Waals surface area contributed by atoms with E-state index in [-0.39, 0.29) is 35.5 Å². The summed E-state index contributed by atoms with van der Waals surface area (Å²) in [4.78, 5) is 27.2. The summed E-state index contributed by atoms with van der Waals surface area (Å²) < 4.78 is 5.14. The average molecular weight is 329 g/mol. The average Bonchev–Trinajstić information content (AvgIpc) is 3.16. The van der Waals surface area contributed by atoms with Crippen LogP contribution in [0.2, 0.25) is 0 Å². The lowest BCUT2D eigenvalue weighted by molar-refractivity contribution is -0.144. The maximum atomic E-state index is 12.9. The highest BCUT2D eigenvalue weighted by atomic mass is 16.5. The number of methoxy groups -OCH3 is 1. The van der Waals surface area contributed by atoms with Crippen LogP contribution < -0.4 is 4.74 Å². The second kappa shape index (κ2) is 5.31. The number of carbonyl (C=O) groups excluding carboxylic acids is 2. The Morgan fingerprint density at radius 2 is 1.67 bits per heavy atom. The smallest absolute Gasteiger partial charge is 0.233 e. The Morgan fingerprint density at radius 1 is 1.12 bits per heavy atom. The van der Waals surface area contributed by atoms with E-state index in [4.69, 9.17) is 4.74 Å². The van der Waals surface area contributed by atoms with Crippen LogP contribution in [0.25, 0.3) is 0 Å². The van der Waals surface area contributed by atoms with Gasteiger partial charge in [-0.3, -0.25) is 14.5 Å². The van der Waals surface area contributed by atoms with E-state index in [2.05, 4.69) is 0 Å². The number of hydrogen-bond donors (Lipinski definition) is 1. The Morgan fingerprint density at radius 3 is 2.12 bits per heavy atom. The van der Waals surface area contributed by atoms with Gasteiger partial charge in [0.1, 0.15) is 5.75 Å². The molecule has 2 aliphatic carbocycles. The number of carbonyl (C=O) groups is 2. The van der Waals surface area contributed by atoms with E-state index in [0.29, 0.717) is 13.0 Å². The number of amides is 2. The minimum Gasteiger partial charge on any atom is -0.497 e. The van der Waals surface area contributed by atoms with E-state index in [0.717, 1.165) is 24.2 Å². The van der Waals surface area contributed by atoms with Crippen molar-refractivity contribution < 1.29 is 19.4 Å². The highest BCUT2D eigenvalue weighted by Gasteiger charge is 2.70. The lowest BCUT2D eigenvalue weighted by atomic mass is 9.81. The molecule has 0 aromatic heterocycles. The number of ether oxygens (including phenoxy) is 1. The number of imide groups is 1. The predicted octanol–water partition coefficient (Wildman–Crippen LogP) is 1.98. The van der Waals surface area contributed by atoms with Crippen molar-refractivity contribution in [2.45, 2.75) is 38.3 Å². The molecule has 4 rings (SSSR count). The number of rotatable bonds is 4. The van der Waals surface area contributed by atoms with Gasteiger partial charge in [-0.1, -0.05) is 19.1 Å². The molecular weight excluding hydrogens is 306 g/mol. The number of benzene rings is 1. The van der Waals surface area contributed by atoms with Crippen LogP contribution in [0.1, 0.15) is 31.7 Å². The molecule has 5 nitrogen and oxygen atoms in total. The molecular formula is C19H23NO4. The van der Waals surface area contributed by atoms with Gasteiger partial charge in [-0.05, 0) is 37.0 Å². The van der Waals surface area contributed by atoms with Gasteiger partial charge in [-0.15, -0.1) is 0 Å². The lowest BCUT2D eigenvalue weighted by Crippen LogP contribution is -2.41. The number of likely N-dealkylation sites (tertiary alicyclic amines) is 1. The Bertz CT molecular complexity index is 653. The van der Waals surface area contributed by atoms with E-state index in [1.807, 2.05) is 31.2 Å². The van der Waals surface area contributed by atoms with Crippen LogP contribution in [0.15, 0.2) is 24.3 Å². The summed E-state index contributed by atoms with van der Waals surface area (Å²) in [6.45, 7) is 2.26. The summed E-state index contributed by atoms with van der Waals surface area (Å²) in [6.07, 6.45) is 2.32. The van der Waals surface area contributed by atoms with Crippen molar-refractivity contribution >= 4 is 11.8 Å². The zero-order valence-electron chi connectivity index (χ0n) is 14.1. The van der Waals surface area contributed by atoms with Crippen LogP contribution in [0.4, 0.5) is 0 Å². The van der Waals surface area contributed by atoms with Crippen LogP contribution >= 0.6 is 0 Å². The molecule has 5 heteroatoms. The molecule has 128 valence electrons. The molecule has 2 amide bonds. The van der Waals surface area contributed by atoms with Crippen molar-refractivity contribution in [1.82, 2.24) is 4.90 Å². The zero-order valence-corrected chi connectivity index (χ0v) is 14.1. The monoisotopic (exact) mass is 329 g/mol. The van der Waals surface area contributed by atoms with Gasteiger partial charge in [0, 0.05) is 11.8 Å². The third-order valence-corrected chi connectivity index (χ3v) is 6.50. The molecule has 1 saturated heterocycles. The molecule has 5 atom stereocenters. The number of hydrogen-bond acceptors (Lipinski definition) is 4. The Labute approximate surface area is 141 Å². The molecule has 1 aliphatic heterocycles. The fourth-order valence-electron chi connectivity index (χ4n) is 5.33. The standard InChI is InChI=1S/C19H23NO4/c1-3-19(23)13-8-9-14(19)16-15(13)17(21)20(18(16)22)10-11-4-6-12(24-2)7-5-11/h4-7,13-16,23H,3,8-10H2,1-2H3/t13-,14+,15-,16+,19?. The maximum Gasteiger partial charge on any atom is 0.233 e. The third-order valence-electron chi connectivity index (χ3n) is 6.50. The minimum absolute atomic E-state index is 0.0604. The summed E-state index contributed by atoms with van der Waals surface area (Å²) in [5.41, 5.74) is 0.0860. The minimum atomic E-state index is -0.827. The molecule has 1 heterocycles. The number of nitrogens with zero attached hydrogens (tertiary/aromatic N) is 1. The number of fused-ring (bicyclic) bond motifs is 5. The molecule has 24 heavy (non-hydrogen) atoms. The van der Waals surface area contributed by atoms with E-state index in [9.17, 15) is 14.7 Å². The third kappa shape index (κ3) is 1.91. The highest BCUT2D eigenvalue weighted by Crippen LogP contribution is 2.62. The molecule has 0 spiro atoms. The first-order chi connectivity index (χ1) is 11.5. The number of aliphatic hydroxyl groups is 1. The topological polar surface area (TPSA) is 66.8 Å². The van der Waals surface area contributed by atoms with Crippen molar-refractivity contribution in [2.24, 2.45) is 23.7 Å². The van der Waals surface area contributed by atoms with E-state index < -0.39 is 5.60 Å². The molecule has 3 aliphatic rings. The molecule has 2 saturated carbocycles. The summed E-state index contributed by atoms with van der Waals surface area (Å²) in [7, 11) is 1.61. The first-order valence-corrected chi connectivity index (χ1v) is 8.71. The molecule has 1 N–H and O–H groups in total. The van der Waals surface area contributed by atoms with Crippen molar-refractivity contribution in [3.05, 3.63) is 29.8 Å². The largest absolute Gasteiger partial charge is 0.497 e. The van der Waals surface area contributed by atoms with E-state index in [1.165, 1.54) is 4.90 Å². The molecule has 2 bridgehead atoms. The molecule has 1 aromatic carbocycles. The molecule has 1 aromatic rings. The van der Waals surface area contributed by atoms with Gasteiger partial charge in [-0.25, -0.2) is 0 Å². The predicted molar refractivity (Wildman–Crippen MR) is 87.0 cm³/mol. The first-order valence-electron chi connectivity index (χ1n) is 8.71. The van der Waals surface area contributed by atoms with Crippen LogP contribution in [-0.2, 0) is 16.1 Å². The van der Waals surface area contributed by atoms with Gasteiger partial charge in [-0.2, -0.15) is 0 Å². The lowest BCUT2D eigenvalue weighted by Gasteiger charge is -2.30. The van der Waals surface area contributed by atoms with Gasteiger partial charge < -0.3 is 9.84 Å². The Hall–Kier alpha value is -1.88. The maximum absolute atomic E-state index is 12.9. The summed E-state index contributed by atoms with van der Waals surface area (Å²) in [5, 5.41) is 10.9. The fraction of sp³-hybridized carbons (Fsp3) is 0.579. The second-order valence-electron chi connectivity index (χ2n) is 7.30. The molecule has 3 fully saturated rings. The van der Waals surface area contributed by atoms with E-state index in [1.54, 1.807) is 7.11 Å². The van der Waals surface area contributed by atoms with E-state index >= 15 is 0 Å². The Kier molecular flexibility index (Phi) is 3.46. The van der Waals surface area contributed by atoms with Gasteiger partial charge in [0.25, 0.3) is 0 Å². The van der Waals surface area contributed by atoms with Gasteiger partial charge in [0.2, 0.25) is 11.8 Å². The van der Waals surface area contributed by atoms with Crippen molar-refractivity contribution in [2.75, 3.05) is 7.11 Å². The van der Waals surface area contributed by atoms with Gasteiger partial charge >= 0.3 is 0 Å². The van der Waals surface area contributed by atoms with Crippen molar-refractivity contribution in [1.29, 1.82) is 0 Å². The normalized spacial score (nSPS) is 37.2. The summed E-state index contributed by atoms with van der Waals surface area (Å²) >= 11 is 0. The fourth-order valence-corrected chi connectivity index (χ4v) is 5.33. The molecule has 0 radical (unpaired) electrons. The quantitative estimate of drug-likeness (QED) is 0.858. The SMILES string of the molecule is CCC1(O)[C@@H]2CC[C@H]1[C@@H]1C(=O)N(Cc3ccc(OC)cc3)C(=O)[C@@H]12. The van der Waals surface area contributed by atoms with Crippen molar-refractivity contribution in [3.8, 4) is 5.75 Å². The first kappa shape index (κ1) is 15.6. The van der Waals surface area contributed by atoms with Gasteiger partial charge in [0.05, 0.1) is 31.1 Å². The summed E-state index contributed by atoms with van der Waals surface area (Å²) in [6, 6.07) is 7.43. The zero-order chi connectivity index (χ0) is 17.1. The highest BCUT2D eigenvalue weighted by molar-refractivity contribution is 6.06. The van der Waals surface area contributed by atoms with Gasteiger partial charge in [0.15, 0.2) is 0 Å². The molecule has 1 unspecified atom stereocenters. The van der Waals surface area contributed by atoms with Crippen LogP contribution in [-0.4, -0.2) is 34.5 Å². The van der Waals surface area contributed by atoms with Crippen LogP contribution in [0, 0.1) is 23.7 Å². The Balaban J connectivity index is 1.58. The second-order valence-corrected chi connectivity index (χ2v) is 7.30.